The normalized spacial score (nSPS) is 18.0. The minimum Gasteiger partial charge on any atom is -0.348 e. The Kier molecular flexibility index (Phi) is 3.68. The zero-order valence-corrected chi connectivity index (χ0v) is 12.7. The molecule has 1 aliphatic heterocycles. The van der Waals surface area contributed by atoms with E-state index in [1.54, 1.807) is 6.33 Å². The molecule has 0 aromatic carbocycles. The molecule has 0 radical (unpaired) electrons. The molecule has 1 saturated heterocycles. The van der Waals surface area contributed by atoms with Gasteiger partial charge in [0, 0.05) is 38.6 Å². The van der Waals surface area contributed by atoms with Crippen LogP contribution in [0.2, 0.25) is 0 Å². The molecule has 110 valence electrons. The van der Waals surface area contributed by atoms with Crippen molar-refractivity contribution in [2.45, 2.75) is 25.8 Å². The predicted molar refractivity (Wildman–Crippen MR) is 82.4 cm³/mol. The SMILES string of the molecule is Cc1cc(N2CCC[C@H]2c2ccnc(N(C)C)n2)ncn1. The average molecular weight is 284 g/mol. The van der Waals surface area contributed by atoms with E-state index in [-0.39, 0.29) is 6.04 Å². The Morgan fingerprint density at radius 3 is 2.86 bits per heavy atom. The zero-order valence-electron chi connectivity index (χ0n) is 12.7. The van der Waals surface area contributed by atoms with Gasteiger partial charge >= 0.3 is 0 Å². The fourth-order valence-corrected chi connectivity index (χ4v) is 2.71. The summed E-state index contributed by atoms with van der Waals surface area (Å²) >= 11 is 0. The van der Waals surface area contributed by atoms with E-state index in [0.717, 1.165) is 42.5 Å². The highest BCUT2D eigenvalue weighted by molar-refractivity contribution is 5.43. The summed E-state index contributed by atoms with van der Waals surface area (Å²) in [7, 11) is 3.92. The Bertz CT molecular complexity index is 627. The van der Waals surface area contributed by atoms with Crippen LogP contribution in [0.3, 0.4) is 0 Å². The smallest absolute Gasteiger partial charge is 0.225 e. The molecular weight excluding hydrogens is 264 g/mol. The third-order valence-corrected chi connectivity index (χ3v) is 3.74. The molecule has 0 amide bonds. The lowest BCUT2D eigenvalue weighted by Crippen LogP contribution is -2.25. The summed E-state index contributed by atoms with van der Waals surface area (Å²) in [5.41, 5.74) is 2.05. The number of aryl methyl sites for hydroxylation is 1. The molecule has 6 nitrogen and oxygen atoms in total. The van der Waals surface area contributed by atoms with Crippen LogP contribution in [0.25, 0.3) is 0 Å². The van der Waals surface area contributed by atoms with Crippen molar-refractivity contribution in [1.29, 1.82) is 0 Å². The topological polar surface area (TPSA) is 58.0 Å². The number of anilines is 2. The lowest BCUT2D eigenvalue weighted by atomic mass is 10.1. The van der Waals surface area contributed by atoms with Gasteiger partial charge in [-0.1, -0.05) is 0 Å². The second-order valence-electron chi connectivity index (χ2n) is 5.54. The van der Waals surface area contributed by atoms with Gasteiger partial charge in [-0.15, -0.1) is 0 Å². The standard InChI is InChI=1S/C15H20N6/c1-11-9-14(18-10-17-11)21-8-4-5-13(21)12-6-7-16-15(19-12)20(2)3/h6-7,9-10,13H,4-5,8H2,1-3H3/t13-/m0/s1. The summed E-state index contributed by atoms with van der Waals surface area (Å²) < 4.78 is 0. The number of hydrogen-bond acceptors (Lipinski definition) is 6. The first-order chi connectivity index (χ1) is 10.1. The van der Waals surface area contributed by atoms with E-state index in [2.05, 4.69) is 24.8 Å². The molecule has 21 heavy (non-hydrogen) atoms. The molecule has 0 saturated carbocycles. The monoisotopic (exact) mass is 284 g/mol. The third-order valence-electron chi connectivity index (χ3n) is 3.74. The highest BCUT2D eigenvalue weighted by Gasteiger charge is 2.28. The molecule has 0 spiro atoms. The van der Waals surface area contributed by atoms with E-state index < -0.39 is 0 Å². The zero-order chi connectivity index (χ0) is 14.8. The van der Waals surface area contributed by atoms with Crippen molar-refractivity contribution in [1.82, 2.24) is 19.9 Å². The van der Waals surface area contributed by atoms with Crippen LogP contribution in [0.15, 0.2) is 24.7 Å². The van der Waals surface area contributed by atoms with Crippen molar-refractivity contribution in [2.24, 2.45) is 0 Å². The molecule has 1 aliphatic rings. The van der Waals surface area contributed by atoms with Gasteiger partial charge in [0.15, 0.2) is 0 Å². The minimum absolute atomic E-state index is 0.265. The first kappa shape index (κ1) is 13.7. The molecule has 0 aliphatic carbocycles. The van der Waals surface area contributed by atoms with Crippen LogP contribution in [0, 0.1) is 6.92 Å². The van der Waals surface area contributed by atoms with Crippen molar-refractivity contribution in [3.8, 4) is 0 Å². The molecule has 3 rings (SSSR count). The van der Waals surface area contributed by atoms with Crippen LogP contribution < -0.4 is 9.80 Å². The molecule has 2 aromatic heterocycles. The second kappa shape index (κ2) is 5.63. The fourth-order valence-electron chi connectivity index (χ4n) is 2.71. The van der Waals surface area contributed by atoms with Crippen molar-refractivity contribution in [3.63, 3.8) is 0 Å². The first-order valence-electron chi connectivity index (χ1n) is 7.20. The number of rotatable bonds is 3. The predicted octanol–water partition coefficient (Wildman–Crippen LogP) is 1.98. The van der Waals surface area contributed by atoms with Crippen molar-refractivity contribution >= 4 is 11.8 Å². The Morgan fingerprint density at radius 2 is 2.10 bits per heavy atom. The van der Waals surface area contributed by atoms with Gasteiger partial charge in [-0.05, 0) is 25.8 Å². The summed E-state index contributed by atoms with van der Waals surface area (Å²) in [5.74, 6) is 1.73. The number of aromatic nitrogens is 4. The Morgan fingerprint density at radius 1 is 1.24 bits per heavy atom. The van der Waals surface area contributed by atoms with E-state index in [9.17, 15) is 0 Å². The molecule has 6 heteroatoms. The van der Waals surface area contributed by atoms with Gasteiger partial charge in [0.25, 0.3) is 0 Å². The van der Waals surface area contributed by atoms with E-state index in [4.69, 9.17) is 0 Å². The van der Waals surface area contributed by atoms with E-state index in [1.807, 2.05) is 44.2 Å². The Balaban J connectivity index is 1.92. The Hall–Kier alpha value is -2.24. The van der Waals surface area contributed by atoms with Gasteiger partial charge in [0.2, 0.25) is 5.95 Å². The van der Waals surface area contributed by atoms with Gasteiger partial charge in [0.1, 0.15) is 12.1 Å². The van der Waals surface area contributed by atoms with Crippen LogP contribution in [0.4, 0.5) is 11.8 Å². The molecule has 2 aromatic rings. The second-order valence-corrected chi connectivity index (χ2v) is 5.54. The molecule has 1 atom stereocenters. The maximum absolute atomic E-state index is 4.68. The molecule has 1 fully saturated rings. The molecular formula is C15H20N6. The largest absolute Gasteiger partial charge is 0.348 e. The van der Waals surface area contributed by atoms with E-state index >= 15 is 0 Å². The van der Waals surface area contributed by atoms with Crippen LogP contribution in [0.5, 0.6) is 0 Å². The summed E-state index contributed by atoms with van der Waals surface area (Å²) in [4.78, 5) is 21.8. The average Bonchev–Trinajstić information content (AvgIpc) is 2.97. The van der Waals surface area contributed by atoms with Crippen LogP contribution in [0.1, 0.15) is 30.3 Å². The first-order valence-corrected chi connectivity index (χ1v) is 7.20. The molecule has 0 N–H and O–H groups in total. The van der Waals surface area contributed by atoms with Crippen molar-refractivity contribution < 1.29 is 0 Å². The van der Waals surface area contributed by atoms with Crippen LogP contribution in [-0.2, 0) is 0 Å². The van der Waals surface area contributed by atoms with Crippen LogP contribution in [-0.4, -0.2) is 40.6 Å². The Labute approximate surface area is 124 Å². The van der Waals surface area contributed by atoms with Gasteiger partial charge in [-0.3, -0.25) is 0 Å². The van der Waals surface area contributed by atoms with Gasteiger partial charge in [-0.2, -0.15) is 0 Å². The minimum atomic E-state index is 0.265. The quantitative estimate of drug-likeness (QED) is 0.859. The molecule has 3 heterocycles. The highest BCUT2D eigenvalue weighted by Crippen LogP contribution is 2.34. The lowest BCUT2D eigenvalue weighted by Gasteiger charge is -2.25. The van der Waals surface area contributed by atoms with Crippen LogP contribution >= 0.6 is 0 Å². The number of hydrogen-bond donors (Lipinski definition) is 0. The van der Waals surface area contributed by atoms with Gasteiger partial charge in [0.05, 0.1) is 11.7 Å². The fraction of sp³-hybridized carbons (Fsp3) is 0.467. The van der Waals surface area contributed by atoms with E-state index in [0.29, 0.717) is 0 Å². The molecule has 0 bridgehead atoms. The summed E-state index contributed by atoms with van der Waals surface area (Å²) in [6.45, 7) is 2.99. The van der Waals surface area contributed by atoms with Crippen molar-refractivity contribution in [3.05, 3.63) is 36.0 Å². The van der Waals surface area contributed by atoms with Gasteiger partial charge in [-0.25, -0.2) is 19.9 Å². The summed E-state index contributed by atoms with van der Waals surface area (Å²) in [5, 5.41) is 0. The van der Waals surface area contributed by atoms with E-state index in [1.165, 1.54) is 0 Å². The van der Waals surface area contributed by atoms with Gasteiger partial charge < -0.3 is 9.80 Å². The summed E-state index contributed by atoms with van der Waals surface area (Å²) in [6, 6.07) is 4.30. The van der Waals surface area contributed by atoms with Crippen molar-refractivity contribution in [2.75, 3.05) is 30.4 Å². The highest BCUT2D eigenvalue weighted by atomic mass is 15.3. The third kappa shape index (κ3) is 2.79. The maximum Gasteiger partial charge on any atom is 0.225 e. The molecule has 0 unspecified atom stereocenters. The lowest BCUT2D eigenvalue weighted by molar-refractivity contribution is 0.682. The maximum atomic E-state index is 4.68. The summed E-state index contributed by atoms with van der Waals surface area (Å²) in [6.07, 6.45) is 5.70. The number of nitrogens with zero attached hydrogens (tertiary/aromatic N) is 6.